The van der Waals surface area contributed by atoms with Crippen LogP contribution in [-0.4, -0.2) is 15.0 Å². The maximum atomic E-state index is 5.31. The van der Waals surface area contributed by atoms with Crippen LogP contribution in [0.4, 0.5) is 0 Å². The van der Waals surface area contributed by atoms with Gasteiger partial charge >= 0.3 is 0 Å². The van der Waals surface area contributed by atoms with E-state index in [2.05, 4.69) is 176 Å². The average molecular weight is 800 g/mol. The average Bonchev–Trinajstić information content (AvgIpc) is 3.91. The summed E-state index contributed by atoms with van der Waals surface area (Å²) in [5.74, 6) is 1.93. The van der Waals surface area contributed by atoms with Gasteiger partial charge in [0.15, 0.2) is 17.5 Å². The third-order valence-electron chi connectivity index (χ3n) is 11.6. The molecule has 12 rings (SSSR count). The van der Waals surface area contributed by atoms with Crippen molar-refractivity contribution in [2.45, 2.75) is 0 Å². The zero-order valence-corrected chi connectivity index (χ0v) is 33.8. The maximum absolute atomic E-state index is 5.31. The van der Waals surface area contributed by atoms with Gasteiger partial charge in [-0.05, 0) is 62.9 Å². The molecule has 3 aromatic heterocycles. The van der Waals surface area contributed by atoms with Gasteiger partial charge in [0.05, 0.1) is 0 Å². The molecule has 0 radical (unpaired) electrons. The van der Waals surface area contributed by atoms with E-state index in [1.165, 1.54) is 73.5 Å². The van der Waals surface area contributed by atoms with E-state index in [1.54, 1.807) is 0 Å². The summed E-state index contributed by atoms with van der Waals surface area (Å²) in [5.41, 5.74) is 10.0. The third kappa shape index (κ3) is 5.82. The van der Waals surface area contributed by atoms with Crippen molar-refractivity contribution in [3.63, 3.8) is 0 Å². The lowest BCUT2D eigenvalue weighted by Gasteiger charge is -2.13. The minimum absolute atomic E-state index is 0.640. The summed E-state index contributed by atoms with van der Waals surface area (Å²) in [7, 11) is 0. The summed E-state index contributed by atoms with van der Waals surface area (Å²) in [6, 6.07) is 71.5. The summed E-state index contributed by atoms with van der Waals surface area (Å²) in [4.78, 5) is 15.7. The molecule has 12 aromatic rings. The van der Waals surface area contributed by atoms with E-state index < -0.39 is 0 Å². The van der Waals surface area contributed by atoms with Crippen LogP contribution >= 0.6 is 22.7 Å². The van der Waals surface area contributed by atoms with E-state index in [4.69, 9.17) is 15.0 Å². The van der Waals surface area contributed by atoms with E-state index in [9.17, 15) is 0 Å². The lowest BCUT2D eigenvalue weighted by atomic mass is 9.94. The molecule has 60 heavy (non-hydrogen) atoms. The van der Waals surface area contributed by atoms with Crippen molar-refractivity contribution in [2.75, 3.05) is 0 Å². The summed E-state index contributed by atoms with van der Waals surface area (Å²) < 4.78 is 5.07. The Hall–Kier alpha value is -7.31. The van der Waals surface area contributed by atoms with Crippen LogP contribution in [0.3, 0.4) is 0 Å². The maximum Gasteiger partial charge on any atom is 0.164 e. The van der Waals surface area contributed by atoms with Crippen molar-refractivity contribution in [1.29, 1.82) is 0 Å². The first-order valence-electron chi connectivity index (χ1n) is 20.1. The van der Waals surface area contributed by atoms with Gasteiger partial charge in [0.25, 0.3) is 0 Å². The highest BCUT2D eigenvalue weighted by Crippen LogP contribution is 2.49. The molecule has 3 nitrogen and oxygen atoms in total. The molecule has 0 unspecified atom stereocenters. The molecule has 0 saturated heterocycles. The second-order valence-corrected chi connectivity index (χ2v) is 17.2. The highest BCUT2D eigenvalue weighted by molar-refractivity contribution is 7.27. The van der Waals surface area contributed by atoms with Crippen LogP contribution in [0.2, 0.25) is 0 Å². The normalized spacial score (nSPS) is 11.7. The van der Waals surface area contributed by atoms with E-state index in [0.29, 0.717) is 17.5 Å². The molecule has 0 aliphatic carbocycles. The highest BCUT2D eigenvalue weighted by Gasteiger charge is 2.22. The standard InChI is InChI=1S/C55H33N3S2/c1-3-13-34(14-4-1)35-25-27-38(28-26-35)54-56-53(37-16-5-2-6-17-37)57-55(58-54)46-31-30-44(42-22-11-18-36-15-7-8-19-40(36)42)52-50(46)45-23-12-21-41(51(45)60-52)39-29-32-49-47(33-39)43-20-9-10-24-48(43)59-49/h1-33H. The molecular formula is C55H33N3S2. The Morgan fingerprint density at radius 3 is 1.65 bits per heavy atom. The van der Waals surface area contributed by atoms with Gasteiger partial charge in [-0.15, -0.1) is 22.7 Å². The Morgan fingerprint density at radius 2 is 0.833 bits per heavy atom. The first-order chi connectivity index (χ1) is 29.7. The summed E-state index contributed by atoms with van der Waals surface area (Å²) >= 11 is 3.72. The van der Waals surface area contributed by atoms with E-state index in [1.807, 2.05) is 46.9 Å². The fraction of sp³-hybridized carbons (Fsp3) is 0. The molecule has 9 aromatic carbocycles. The Morgan fingerprint density at radius 1 is 0.283 bits per heavy atom. The molecule has 0 fully saturated rings. The molecule has 0 amide bonds. The second-order valence-electron chi connectivity index (χ2n) is 15.1. The Bertz CT molecular complexity index is 3580. The Balaban J connectivity index is 1.11. The number of hydrogen-bond donors (Lipinski definition) is 0. The second kappa shape index (κ2) is 14.2. The largest absolute Gasteiger partial charge is 0.208 e. The van der Waals surface area contributed by atoms with Crippen LogP contribution in [0.5, 0.6) is 0 Å². The van der Waals surface area contributed by atoms with Gasteiger partial charge in [-0.1, -0.05) is 176 Å². The molecule has 0 atom stereocenters. The van der Waals surface area contributed by atoms with Crippen LogP contribution in [-0.2, 0) is 0 Å². The van der Waals surface area contributed by atoms with Crippen LogP contribution in [0, 0.1) is 0 Å². The lowest BCUT2D eigenvalue weighted by Crippen LogP contribution is -2.00. The SMILES string of the molecule is c1ccc(-c2ccc(-c3nc(-c4ccccc4)nc(-c4ccc(-c5cccc6ccccc56)c5sc6c(-c7ccc8sc9ccccc9c8c7)cccc6c45)n3)cc2)cc1. The number of thiophene rings is 2. The number of aromatic nitrogens is 3. The molecular weight excluding hydrogens is 767 g/mol. The van der Waals surface area contributed by atoms with Gasteiger partial charge in [0.1, 0.15) is 0 Å². The zero-order chi connectivity index (χ0) is 39.6. The van der Waals surface area contributed by atoms with Gasteiger partial charge in [0, 0.05) is 62.6 Å². The Kier molecular flexibility index (Phi) is 8.22. The molecule has 3 heterocycles. The minimum Gasteiger partial charge on any atom is -0.208 e. The zero-order valence-electron chi connectivity index (χ0n) is 32.2. The summed E-state index contributed by atoms with van der Waals surface area (Å²) in [5, 5.41) is 7.40. The topological polar surface area (TPSA) is 38.7 Å². The summed E-state index contributed by atoms with van der Waals surface area (Å²) in [6.07, 6.45) is 0. The number of fused-ring (bicyclic) bond motifs is 7. The van der Waals surface area contributed by atoms with Gasteiger partial charge in [-0.2, -0.15) is 0 Å². The fourth-order valence-corrected chi connectivity index (χ4v) is 11.1. The highest BCUT2D eigenvalue weighted by atomic mass is 32.1. The molecule has 0 N–H and O–H groups in total. The monoisotopic (exact) mass is 799 g/mol. The quantitative estimate of drug-likeness (QED) is 0.168. The molecule has 0 saturated carbocycles. The predicted octanol–water partition coefficient (Wildman–Crippen LogP) is 15.8. The van der Waals surface area contributed by atoms with Crippen molar-refractivity contribution in [3.05, 3.63) is 200 Å². The first-order valence-corrected chi connectivity index (χ1v) is 21.7. The Labute approximate surface area is 354 Å². The van der Waals surface area contributed by atoms with Crippen LogP contribution < -0.4 is 0 Å². The van der Waals surface area contributed by atoms with Crippen LogP contribution in [0.15, 0.2) is 200 Å². The van der Waals surface area contributed by atoms with Gasteiger partial charge in [-0.25, -0.2) is 15.0 Å². The molecule has 0 spiro atoms. The van der Waals surface area contributed by atoms with Crippen molar-refractivity contribution < 1.29 is 0 Å². The summed E-state index contributed by atoms with van der Waals surface area (Å²) in [6.45, 7) is 0. The number of hydrogen-bond acceptors (Lipinski definition) is 5. The molecule has 0 bridgehead atoms. The minimum atomic E-state index is 0.640. The van der Waals surface area contributed by atoms with Crippen molar-refractivity contribution in [2.24, 2.45) is 0 Å². The fourth-order valence-electron chi connectivity index (χ4n) is 8.67. The van der Waals surface area contributed by atoms with Crippen molar-refractivity contribution >= 4 is 73.8 Å². The predicted molar refractivity (Wildman–Crippen MR) is 256 cm³/mol. The molecule has 280 valence electrons. The molecule has 0 aliphatic rings. The lowest BCUT2D eigenvalue weighted by molar-refractivity contribution is 1.08. The molecule has 5 heteroatoms. The van der Waals surface area contributed by atoms with E-state index in [0.717, 1.165) is 27.6 Å². The number of nitrogens with zero attached hydrogens (tertiary/aromatic N) is 3. The van der Waals surface area contributed by atoms with Crippen LogP contribution in [0.1, 0.15) is 0 Å². The van der Waals surface area contributed by atoms with E-state index >= 15 is 0 Å². The van der Waals surface area contributed by atoms with Gasteiger partial charge in [-0.3, -0.25) is 0 Å². The van der Waals surface area contributed by atoms with Crippen LogP contribution in [0.25, 0.3) is 119 Å². The number of rotatable bonds is 6. The van der Waals surface area contributed by atoms with Gasteiger partial charge in [0.2, 0.25) is 0 Å². The van der Waals surface area contributed by atoms with Crippen molar-refractivity contribution in [1.82, 2.24) is 15.0 Å². The number of benzene rings is 9. The third-order valence-corrected chi connectivity index (χ3v) is 14.0. The smallest absolute Gasteiger partial charge is 0.164 e. The molecule has 0 aliphatic heterocycles. The van der Waals surface area contributed by atoms with Crippen molar-refractivity contribution in [3.8, 4) is 67.5 Å². The van der Waals surface area contributed by atoms with E-state index in [-0.39, 0.29) is 0 Å². The first kappa shape index (κ1) is 34.7. The van der Waals surface area contributed by atoms with Gasteiger partial charge < -0.3 is 0 Å².